The zero-order chi connectivity index (χ0) is 28.9. The number of hydrogen-bond donors (Lipinski definition) is 3. The second-order valence-electron chi connectivity index (χ2n) is 12.5. The molecule has 5 rings (SSSR count). The van der Waals surface area contributed by atoms with Gasteiger partial charge in [0.25, 0.3) is 0 Å². The molecule has 0 radical (unpaired) electrons. The average molecular weight is 564 g/mol. The molecule has 13 nitrogen and oxygen atoms in total. The first-order chi connectivity index (χ1) is 18.9. The van der Waals surface area contributed by atoms with Gasteiger partial charge < -0.3 is 44.4 Å². The summed E-state index contributed by atoms with van der Waals surface area (Å²) in [6.07, 6.45) is 0.708. The van der Waals surface area contributed by atoms with Crippen molar-refractivity contribution in [3.05, 3.63) is 0 Å². The van der Waals surface area contributed by atoms with Crippen LogP contribution in [0.3, 0.4) is 0 Å². The van der Waals surface area contributed by atoms with Crippen LogP contribution in [0, 0.1) is 11.3 Å². The number of nitrogens with one attached hydrogen (secondary N) is 1. The number of aliphatic hydroxyl groups is 2. The third-order valence-corrected chi connectivity index (χ3v) is 8.83. The lowest BCUT2D eigenvalue weighted by atomic mass is 9.89. The number of carbonyl (C=O) groups is 3. The number of fused-ring (bicyclic) bond motifs is 1. The molecule has 5 fully saturated rings. The predicted molar refractivity (Wildman–Crippen MR) is 138 cm³/mol. The fraction of sp³-hybridized carbons (Fsp3) is 0.852. The van der Waals surface area contributed by atoms with Crippen LogP contribution in [0.15, 0.2) is 0 Å². The topological polar surface area (TPSA) is 165 Å². The van der Waals surface area contributed by atoms with Crippen LogP contribution in [0.25, 0.3) is 0 Å². The van der Waals surface area contributed by atoms with Crippen molar-refractivity contribution in [2.45, 2.75) is 107 Å². The zero-order valence-electron chi connectivity index (χ0n) is 23.5. The summed E-state index contributed by atoms with van der Waals surface area (Å²) in [4.78, 5) is 44.2. The molecule has 4 aliphatic heterocycles. The Labute approximate surface area is 234 Å². The normalized spacial score (nSPS) is 34.7. The summed E-state index contributed by atoms with van der Waals surface area (Å²) in [5.74, 6) is -3.98. The van der Waals surface area contributed by atoms with Crippen LogP contribution in [-0.4, -0.2) is 129 Å². The second-order valence-corrected chi connectivity index (χ2v) is 12.5. The maximum absolute atomic E-state index is 13.6. The van der Waals surface area contributed by atoms with Crippen LogP contribution < -0.4 is 5.32 Å². The summed E-state index contributed by atoms with van der Waals surface area (Å²) >= 11 is 0. The Kier molecular flexibility index (Phi) is 7.88. The van der Waals surface area contributed by atoms with Gasteiger partial charge in [-0.2, -0.15) is 5.26 Å². The van der Waals surface area contributed by atoms with Gasteiger partial charge in [-0.1, -0.05) is 0 Å². The molecule has 13 heteroatoms. The molecule has 1 saturated carbocycles. The summed E-state index contributed by atoms with van der Waals surface area (Å²) in [6.45, 7) is 6.48. The van der Waals surface area contributed by atoms with Crippen molar-refractivity contribution in [1.82, 2.24) is 20.0 Å². The fourth-order valence-electron chi connectivity index (χ4n) is 6.25. The maximum atomic E-state index is 13.6. The first-order valence-electron chi connectivity index (χ1n) is 14.3. The van der Waals surface area contributed by atoms with Gasteiger partial charge in [-0.3, -0.25) is 14.4 Å². The number of carbonyl (C=O) groups excluding carboxylic acids is 3. The number of likely N-dealkylation sites (tertiary alicyclic amines) is 2. The SMILES string of the molecule is CC1(NCC(=O)N2CCC[C@H]2C#N)CCN(C(=O)C(=O)N(C[C@@]23OC[C@@H](O)[C@@H](O)[C@@H]2OC(C)(C)O3)C2CC2)CC1. The van der Waals surface area contributed by atoms with E-state index < -0.39 is 41.7 Å². The molecule has 0 aromatic carbocycles. The van der Waals surface area contributed by atoms with E-state index in [1.165, 1.54) is 4.90 Å². The Balaban J connectivity index is 1.19. The van der Waals surface area contributed by atoms with Gasteiger partial charge in [0.1, 0.15) is 24.4 Å². The highest BCUT2D eigenvalue weighted by atomic mass is 16.8. The maximum Gasteiger partial charge on any atom is 0.312 e. The first-order valence-corrected chi connectivity index (χ1v) is 14.3. The van der Waals surface area contributed by atoms with Crippen molar-refractivity contribution in [2.24, 2.45) is 0 Å². The van der Waals surface area contributed by atoms with E-state index in [1.54, 1.807) is 23.6 Å². The minimum absolute atomic E-state index is 0.0967. The van der Waals surface area contributed by atoms with Crippen LogP contribution in [0.2, 0.25) is 0 Å². The largest absolute Gasteiger partial charge is 0.388 e. The van der Waals surface area contributed by atoms with E-state index in [0.29, 0.717) is 38.9 Å². The lowest BCUT2D eigenvalue weighted by Crippen LogP contribution is -2.65. The van der Waals surface area contributed by atoms with Gasteiger partial charge >= 0.3 is 11.8 Å². The Morgan fingerprint density at radius 3 is 2.45 bits per heavy atom. The third kappa shape index (κ3) is 5.70. The van der Waals surface area contributed by atoms with Crippen LogP contribution in [0.1, 0.15) is 59.3 Å². The zero-order valence-corrected chi connectivity index (χ0v) is 23.5. The monoisotopic (exact) mass is 563 g/mol. The molecule has 3 amide bonds. The molecule has 0 spiro atoms. The average Bonchev–Trinajstić information content (AvgIpc) is 3.57. The lowest BCUT2D eigenvalue weighted by Gasteiger charge is -2.44. The summed E-state index contributed by atoms with van der Waals surface area (Å²) in [5, 5.41) is 33.3. The van der Waals surface area contributed by atoms with Gasteiger partial charge in [0.2, 0.25) is 11.7 Å². The molecule has 0 aromatic rings. The molecule has 0 aromatic heterocycles. The van der Waals surface area contributed by atoms with Gasteiger partial charge in [-0.05, 0) is 59.3 Å². The van der Waals surface area contributed by atoms with Crippen LogP contribution >= 0.6 is 0 Å². The Bertz CT molecular complexity index is 1050. The minimum Gasteiger partial charge on any atom is -0.388 e. The van der Waals surface area contributed by atoms with Gasteiger partial charge in [0.05, 0.1) is 25.8 Å². The molecule has 5 atom stereocenters. The van der Waals surface area contributed by atoms with Gasteiger partial charge in [0.15, 0.2) is 5.79 Å². The molecule has 0 unspecified atom stereocenters. The number of amides is 3. The number of nitriles is 1. The molecule has 5 aliphatic rings. The van der Waals surface area contributed by atoms with E-state index in [2.05, 4.69) is 11.4 Å². The molecular formula is C27H41N5O8. The lowest BCUT2D eigenvalue weighted by molar-refractivity contribution is -0.296. The molecule has 222 valence electrons. The highest BCUT2D eigenvalue weighted by Gasteiger charge is 2.63. The first kappa shape index (κ1) is 29.2. The quantitative estimate of drug-likeness (QED) is 0.344. The molecule has 1 aliphatic carbocycles. The van der Waals surface area contributed by atoms with Crippen molar-refractivity contribution in [3.63, 3.8) is 0 Å². The number of nitrogens with zero attached hydrogens (tertiary/aromatic N) is 4. The van der Waals surface area contributed by atoms with Crippen LogP contribution in [0.5, 0.6) is 0 Å². The molecule has 0 bridgehead atoms. The number of aliphatic hydroxyl groups excluding tert-OH is 2. The van der Waals surface area contributed by atoms with Gasteiger partial charge in [0, 0.05) is 31.2 Å². The molecule has 40 heavy (non-hydrogen) atoms. The molecule has 4 saturated heterocycles. The standard InChI is InChI=1S/C27H41N5O8/c1-25(2)39-22-21(35)19(33)15-38-27(22,40-25)16-32(17-6-7-17)24(37)23(36)30-11-8-26(3,9-12-30)29-14-20(34)31-10-4-5-18(31)13-28/h17-19,21-22,29,33,35H,4-12,14-16H2,1-3H3/t18-,19+,21+,22-,27-/m0/s1. The van der Waals surface area contributed by atoms with Crippen molar-refractivity contribution >= 4 is 17.7 Å². The number of ether oxygens (including phenoxy) is 3. The number of hydrogen-bond acceptors (Lipinski definition) is 10. The molecular weight excluding hydrogens is 522 g/mol. The Morgan fingerprint density at radius 1 is 1.10 bits per heavy atom. The number of rotatable bonds is 6. The Morgan fingerprint density at radius 2 is 1.80 bits per heavy atom. The Hall–Kier alpha value is -2.34. The predicted octanol–water partition coefficient (Wildman–Crippen LogP) is -0.938. The van der Waals surface area contributed by atoms with Crippen LogP contribution in [0.4, 0.5) is 0 Å². The van der Waals surface area contributed by atoms with E-state index in [-0.39, 0.29) is 43.2 Å². The molecule has 4 heterocycles. The van der Waals surface area contributed by atoms with E-state index >= 15 is 0 Å². The van der Waals surface area contributed by atoms with Crippen molar-refractivity contribution in [3.8, 4) is 6.07 Å². The molecule has 3 N–H and O–H groups in total. The van der Waals surface area contributed by atoms with E-state index in [4.69, 9.17) is 14.2 Å². The second kappa shape index (κ2) is 10.8. The minimum atomic E-state index is -1.50. The highest BCUT2D eigenvalue weighted by molar-refractivity contribution is 6.35. The van der Waals surface area contributed by atoms with Gasteiger partial charge in [-0.15, -0.1) is 0 Å². The summed E-state index contributed by atoms with van der Waals surface area (Å²) in [5.41, 5.74) is -0.382. The van der Waals surface area contributed by atoms with Gasteiger partial charge in [-0.25, -0.2) is 0 Å². The number of piperidine rings is 1. The van der Waals surface area contributed by atoms with E-state index in [9.17, 15) is 29.9 Å². The smallest absolute Gasteiger partial charge is 0.312 e. The summed E-state index contributed by atoms with van der Waals surface area (Å²) < 4.78 is 17.8. The van der Waals surface area contributed by atoms with Crippen molar-refractivity contribution < 1.29 is 38.8 Å². The third-order valence-electron chi connectivity index (χ3n) is 8.83. The van der Waals surface area contributed by atoms with E-state index in [0.717, 1.165) is 19.3 Å². The summed E-state index contributed by atoms with van der Waals surface area (Å²) in [6, 6.07) is 1.68. The van der Waals surface area contributed by atoms with Crippen molar-refractivity contribution in [2.75, 3.05) is 39.3 Å². The summed E-state index contributed by atoms with van der Waals surface area (Å²) in [7, 11) is 0. The van der Waals surface area contributed by atoms with Crippen molar-refractivity contribution in [1.29, 1.82) is 5.26 Å². The van der Waals surface area contributed by atoms with Crippen LogP contribution in [-0.2, 0) is 28.6 Å². The highest BCUT2D eigenvalue weighted by Crippen LogP contribution is 2.44. The van der Waals surface area contributed by atoms with E-state index in [1.807, 2.05) is 6.92 Å². The fourth-order valence-corrected chi connectivity index (χ4v) is 6.25.